The Morgan fingerprint density at radius 2 is 1.67 bits per heavy atom. The molecule has 0 spiro atoms. The molecular formula is C24H32F3N3O3. The van der Waals surface area contributed by atoms with Crippen LogP contribution in [0.2, 0.25) is 0 Å². The van der Waals surface area contributed by atoms with Crippen LogP contribution in [0, 0.1) is 29.3 Å². The first-order chi connectivity index (χ1) is 15.8. The van der Waals surface area contributed by atoms with Crippen LogP contribution < -0.4 is 11.1 Å². The Balaban J connectivity index is 1.28. The number of nitrogens with two attached hydrogens (primary N) is 1. The normalized spacial score (nSPS) is 26.3. The van der Waals surface area contributed by atoms with Gasteiger partial charge >= 0.3 is 0 Å². The summed E-state index contributed by atoms with van der Waals surface area (Å²) in [5.41, 5.74) is 6.42. The monoisotopic (exact) mass is 467 g/mol. The molecule has 33 heavy (non-hydrogen) atoms. The van der Waals surface area contributed by atoms with Gasteiger partial charge in [0.2, 0.25) is 11.8 Å². The van der Waals surface area contributed by atoms with Crippen LogP contribution >= 0.6 is 0 Å². The van der Waals surface area contributed by atoms with Crippen LogP contribution in [0.15, 0.2) is 12.1 Å². The maximum Gasteiger partial charge on any atom is 0.242 e. The van der Waals surface area contributed by atoms with Gasteiger partial charge in [-0.3, -0.25) is 9.59 Å². The van der Waals surface area contributed by atoms with E-state index in [-0.39, 0.29) is 48.3 Å². The maximum atomic E-state index is 14.0. The topological polar surface area (TPSA) is 84.7 Å². The van der Waals surface area contributed by atoms with Crippen molar-refractivity contribution in [2.24, 2.45) is 17.6 Å². The van der Waals surface area contributed by atoms with E-state index in [4.69, 9.17) is 10.5 Å². The van der Waals surface area contributed by atoms with Gasteiger partial charge in [-0.15, -0.1) is 0 Å². The van der Waals surface area contributed by atoms with E-state index in [1.165, 1.54) is 0 Å². The molecule has 0 aliphatic carbocycles. The van der Waals surface area contributed by atoms with Gasteiger partial charge in [0.05, 0.1) is 6.54 Å². The molecule has 0 aromatic heterocycles. The molecule has 3 aliphatic heterocycles. The summed E-state index contributed by atoms with van der Waals surface area (Å²) in [6.45, 7) is 1.35. The van der Waals surface area contributed by atoms with E-state index in [1.54, 1.807) is 0 Å². The van der Waals surface area contributed by atoms with E-state index >= 15 is 0 Å². The second kappa shape index (κ2) is 10.4. The smallest absolute Gasteiger partial charge is 0.242 e. The van der Waals surface area contributed by atoms with Gasteiger partial charge in [-0.05, 0) is 68.4 Å². The number of nitrogens with one attached hydrogen (secondary N) is 1. The predicted octanol–water partition coefficient (Wildman–Crippen LogP) is 2.68. The highest BCUT2D eigenvalue weighted by Crippen LogP contribution is 2.40. The molecule has 2 amide bonds. The Bertz CT molecular complexity index is 864. The molecule has 3 aliphatic rings. The number of hydrogen-bond donors (Lipinski definition) is 2. The molecule has 3 fully saturated rings. The van der Waals surface area contributed by atoms with E-state index in [0.29, 0.717) is 44.5 Å². The molecule has 3 atom stereocenters. The quantitative estimate of drug-likeness (QED) is 0.604. The third-order valence-corrected chi connectivity index (χ3v) is 7.46. The van der Waals surface area contributed by atoms with Gasteiger partial charge in [-0.25, -0.2) is 13.2 Å². The number of carbonyl (C=O) groups is 2. The number of hydrogen-bond acceptors (Lipinski definition) is 4. The number of rotatable bonds is 7. The fourth-order valence-corrected chi connectivity index (χ4v) is 5.67. The lowest BCUT2D eigenvalue weighted by molar-refractivity contribution is -0.137. The van der Waals surface area contributed by atoms with Crippen molar-refractivity contribution >= 4 is 11.8 Å². The molecule has 1 aromatic carbocycles. The van der Waals surface area contributed by atoms with Gasteiger partial charge in [0.1, 0.15) is 5.82 Å². The van der Waals surface area contributed by atoms with Crippen LogP contribution in [-0.2, 0) is 20.7 Å². The van der Waals surface area contributed by atoms with Crippen LogP contribution in [0.4, 0.5) is 13.2 Å². The van der Waals surface area contributed by atoms with Gasteiger partial charge in [-0.1, -0.05) is 0 Å². The highest BCUT2D eigenvalue weighted by atomic mass is 19.2. The zero-order valence-electron chi connectivity index (χ0n) is 18.7. The summed E-state index contributed by atoms with van der Waals surface area (Å²) in [7, 11) is 0. The Hall–Kier alpha value is -2.13. The summed E-state index contributed by atoms with van der Waals surface area (Å²) >= 11 is 0. The molecule has 0 radical (unpaired) electrons. The van der Waals surface area contributed by atoms with E-state index < -0.39 is 23.5 Å². The van der Waals surface area contributed by atoms with Gasteiger partial charge in [0, 0.05) is 43.8 Å². The van der Waals surface area contributed by atoms with Crippen LogP contribution in [0.5, 0.6) is 0 Å². The lowest BCUT2D eigenvalue weighted by Crippen LogP contribution is -2.52. The van der Waals surface area contributed by atoms with Gasteiger partial charge in [-0.2, -0.15) is 0 Å². The highest BCUT2D eigenvalue weighted by molar-refractivity contribution is 5.85. The number of fused-ring (bicyclic) bond motifs is 2. The van der Waals surface area contributed by atoms with Crippen molar-refractivity contribution < 1.29 is 27.5 Å². The molecule has 3 saturated heterocycles. The second-order valence-corrected chi connectivity index (χ2v) is 9.68. The molecule has 2 bridgehead atoms. The van der Waals surface area contributed by atoms with E-state index in [2.05, 4.69) is 5.32 Å². The first kappa shape index (κ1) is 24.0. The van der Waals surface area contributed by atoms with Crippen LogP contribution in [0.25, 0.3) is 0 Å². The van der Waals surface area contributed by atoms with Crippen LogP contribution in [0.3, 0.4) is 0 Å². The maximum absolute atomic E-state index is 14.0. The lowest BCUT2D eigenvalue weighted by atomic mass is 9.82. The van der Waals surface area contributed by atoms with Crippen molar-refractivity contribution in [1.29, 1.82) is 0 Å². The SMILES string of the molecule is N[C@H](Cc1cc(F)c(F)cc1F)C1CC2CCC(C1)N2C(=O)CNC(=O)CC1CCOCC1. The number of piperidine rings is 1. The first-order valence-electron chi connectivity index (χ1n) is 11.9. The summed E-state index contributed by atoms with van der Waals surface area (Å²) in [6, 6.07) is 1.09. The average molecular weight is 468 g/mol. The minimum atomic E-state index is -1.21. The zero-order valence-corrected chi connectivity index (χ0v) is 18.7. The lowest BCUT2D eigenvalue weighted by Gasteiger charge is -2.41. The Morgan fingerprint density at radius 3 is 2.33 bits per heavy atom. The number of halogens is 3. The van der Waals surface area contributed by atoms with Crippen molar-refractivity contribution in [3.63, 3.8) is 0 Å². The molecule has 9 heteroatoms. The van der Waals surface area contributed by atoms with E-state index in [9.17, 15) is 22.8 Å². The van der Waals surface area contributed by atoms with Crippen LogP contribution in [-0.4, -0.2) is 54.6 Å². The van der Waals surface area contributed by atoms with Crippen molar-refractivity contribution in [2.45, 2.75) is 69.5 Å². The molecule has 6 nitrogen and oxygen atoms in total. The largest absolute Gasteiger partial charge is 0.381 e. The van der Waals surface area contributed by atoms with E-state index in [1.807, 2.05) is 4.90 Å². The summed E-state index contributed by atoms with van der Waals surface area (Å²) < 4.78 is 46.1. The number of carbonyl (C=O) groups excluding carboxylic acids is 2. The Kier molecular flexibility index (Phi) is 7.58. The van der Waals surface area contributed by atoms with Gasteiger partial charge in [0.25, 0.3) is 0 Å². The molecule has 3 N–H and O–H groups in total. The summed E-state index contributed by atoms with van der Waals surface area (Å²) in [6.07, 6.45) is 5.38. The first-order valence-corrected chi connectivity index (χ1v) is 11.9. The molecule has 3 heterocycles. The number of ether oxygens (including phenoxy) is 1. The summed E-state index contributed by atoms with van der Waals surface area (Å²) in [4.78, 5) is 27.0. The second-order valence-electron chi connectivity index (χ2n) is 9.68. The standard InChI is InChI=1S/C24H32F3N3O3/c25-19-12-21(27)20(26)10-15(19)11-22(28)16-8-17-1-2-18(9-16)30(17)24(32)13-29-23(31)7-14-3-5-33-6-4-14/h10,12,14,16-18,22H,1-9,11,13,28H2,(H,29,31)/t16?,17?,18?,22-/m1/s1. The minimum Gasteiger partial charge on any atom is -0.381 e. The Morgan fingerprint density at radius 1 is 1.03 bits per heavy atom. The molecular weight excluding hydrogens is 435 g/mol. The van der Waals surface area contributed by atoms with Gasteiger partial charge < -0.3 is 20.7 Å². The molecule has 182 valence electrons. The predicted molar refractivity (Wildman–Crippen MR) is 116 cm³/mol. The number of benzene rings is 1. The zero-order chi connectivity index (χ0) is 23.5. The summed E-state index contributed by atoms with van der Waals surface area (Å²) in [5.74, 6) is -2.91. The molecule has 1 aromatic rings. The highest BCUT2D eigenvalue weighted by Gasteiger charge is 2.44. The summed E-state index contributed by atoms with van der Waals surface area (Å²) in [5, 5.41) is 2.78. The molecule has 2 unspecified atom stereocenters. The van der Waals surface area contributed by atoms with Crippen LogP contribution in [0.1, 0.15) is 50.5 Å². The Labute approximate surface area is 192 Å². The van der Waals surface area contributed by atoms with E-state index in [0.717, 1.165) is 31.7 Å². The minimum absolute atomic E-state index is 0.00809. The fraction of sp³-hybridized carbons (Fsp3) is 0.667. The van der Waals surface area contributed by atoms with Crippen molar-refractivity contribution in [3.05, 3.63) is 35.1 Å². The third kappa shape index (κ3) is 5.69. The number of amides is 2. The van der Waals surface area contributed by atoms with Crippen molar-refractivity contribution in [2.75, 3.05) is 19.8 Å². The average Bonchev–Trinajstić information content (AvgIpc) is 3.05. The number of nitrogens with zero attached hydrogens (tertiary/aromatic N) is 1. The molecule has 4 rings (SSSR count). The molecule has 0 saturated carbocycles. The fourth-order valence-electron chi connectivity index (χ4n) is 5.67. The van der Waals surface area contributed by atoms with Gasteiger partial charge in [0.15, 0.2) is 11.6 Å². The third-order valence-electron chi connectivity index (χ3n) is 7.46. The van der Waals surface area contributed by atoms with Crippen molar-refractivity contribution in [3.8, 4) is 0 Å². The van der Waals surface area contributed by atoms with Crippen molar-refractivity contribution in [1.82, 2.24) is 10.2 Å².